The molecule has 0 aromatic heterocycles. The summed E-state index contributed by atoms with van der Waals surface area (Å²) in [4.78, 5) is 0. The third-order valence-electron chi connectivity index (χ3n) is 1.77. The lowest BCUT2D eigenvalue weighted by molar-refractivity contribution is 0.298. The van der Waals surface area contributed by atoms with E-state index in [9.17, 15) is 0 Å². The van der Waals surface area contributed by atoms with Crippen LogP contribution in [0.3, 0.4) is 0 Å². The van der Waals surface area contributed by atoms with E-state index < -0.39 is 0 Å². The normalized spacial score (nSPS) is 10.0. The highest BCUT2D eigenvalue weighted by Gasteiger charge is 2.05. The van der Waals surface area contributed by atoms with Crippen molar-refractivity contribution in [3.05, 3.63) is 23.8 Å². The molecule has 0 aliphatic heterocycles. The molecule has 0 amide bonds. The molecule has 84 valence electrons. The predicted octanol–water partition coefficient (Wildman–Crippen LogP) is 1.80. The highest BCUT2D eigenvalue weighted by atomic mass is 16.5. The fourth-order valence-corrected chi connectivity index (χ4v) is 1.17. The Bertz CT molecular complexity index is 410. The van der Waals surface area contributed by atoms with Gasteiger partial charge in [-0.1, -0.05) is 5.16 Å². The molecule has 0 unspecified atom stereocenters. The second kappa shape index (κ2) is 6.30. The Hall–Kier alpha value is -2.22. The number of nitriles is 1. The predicted molar refractivity (Wildman–Crippen MR) is 58.1 cm³/mol. The van der Waals surface area contributed by atoms with Crippen molar-refractivity contribution < 1.29 is 14.7 Å². The Labute approximate surface area is 93.5 Å². The number of hydrogen-bond donors (Lipinski definition) is 1. The van der Waals surface area contributed by atoms with E-state index in [0.29, 0.717) is 23.7 Å². The quantitative estimate of drug-likeness (QED) is 0.466. The van der Waals surface area contributed by atoms with E-state index >= 15 is 0 Å². The molecular formula is C11H12N2O3. The highest BCUT2D eigenvalue weighted by molar-refractivity contribution is 5.80. The molecule has 0 aliphatic rings. The Balaban J connectivity index is 2.94. The van der Waals surface area contributed by atoms with Crippen LogP contribution in [0.15, 0.2) is 23.4 Å². The third-order valence-corrected chi connectivity index (χ3v) is 1.77. The van der Waals surface area contributed by atoms with Crippen LogP contribution in [0.25, 0.3) is 0 Å². The topological polar surface area (TPSA) is 74.8 Å². The number of nitrogens with zero attached hydrogens (tertiary/aromatic N) is 2. The van der Waals surface area contributed by atoms with E-state index in [1.807, 2.05) is 13.0 Å². The van der Waals surface area contributed by atoms with Crippen molar-refractivity contribution in [3.8, 4) is 17.6 Å². The van der Waals surface area contributed by atoms with Crippen molar-refractivity contribution in [2.45, 2.75) is 6.92 Å². The summed E-state index contributed by atoms with van der Waals surface area (Å²) >= 11 is 0. The summed E-state index contributed by atoms with van der Waals surface area (Å²) < 4.78 is 10.5. The Morgan fingerprint density at radius 2 is 2.25 bits per heavy atom. The molecule has 0 bridgehead atoms. The van der Waals surface area contributed by atoms with Gasteiger partial charge in [-0.15, -0.1) is 0 Å². The van der Waals surface area contributed by atoms with Crippen LogP contribution in [0, 0.1) is 11.3 Å². The molecule has 5 heteroatoms. The molecule has 1 N–H and O–H groups in total. The molecule has 0 spiro atoms. The monoisotopic (exact) mass is 220 g/mol. The van der Waals surface area contributed by atoms with Gasteiger partial charge in [-0.05, 0) is 25.1 Å². The van der Waals surface area contributed by atoms with E-state index in [-0.39, 0.29) is 6.61 Å². The number of rotatable bonds is 5. The van der Waals surface area contributed by atoms with Crippen molar-refractivity contribution in [2.75, 3.05) is 13.2 Å². The third kappa shape index (κ3) is 3.17. The van der Waals surface area contributed by atoms with Crippen molar-refractivity contribution in [2.24, 2.45) is 5.16 Å². The van der Waals surface area contributed by atoms with Crippen LogP contribution in [0.1, 0.15) is 12.5 Å². The van der Waals surface area contributed by atoms with Crippen LogP contribution >= 0.6 is 0 Å². The summed E-state index contributed by atoms with van der Waals surface area (Å²) in [6.45, 7) is 2.30. The van der Waals surface area contributed by atoms with Crippen molar-refractivity contribution in [1.82, 2.24) is 0 Å². The Morgan fingerprint density at radius 3 is 2.88 bits per heavy atom. The summed E-state index contributed by atoms with van der Waals surface area (Å²) in [5.41, 5.74) is 0.690. The summed E-state index contributed by atoms with van der Waals surface area (Å²) in [5.74, 6) is 1.02. The van der Waals surface area contributed by atoms with Gasteiger partial charge in [0, 0.05) is 5.56 Å². The molecule has 0 fully saturated rings. The van der Waals surface area contributed by atoms with Crippen molar-refractivity contribution in [3.63, 3.8) is 0 Å². The highest BCUT2D eigenvalue weighted by Crippen LogP contribution is 2.27. The van der Waals surface area contributed by atoms with Gasteiger partial charge in [0.25, 0.3) is 0 Å². The number of benzene rings is 1. The largest absolute Gasteiger partial charge is 0.490 e. The van der Waals surface area contributed by atoms with E-state index in [2.05, 4.69) is 5.16 Å². The van der Waals surface area contributed by atoms with Crippen LogP contribution in [-0.2, 0) is 0 Å². The summed E-state index contributed by atoms with van der Waals surface area (Å²) in [6, 6.07) is 6.93. The minimum Gasteiger partial charge on any atom is -0.490 e. The zero-order chi connectivity index (χ0) is 11.8. The van der Waals surface area contributed by atoms with Gasteiger partial charge in [0.2, 0.25) is 0 Å². The van der Waals surface area contributed by atoms with Gasteiger partial charge >= 0.3 is 0 Å². The zero-order valence-corrected chi connectivity index (χ0v) is 8.88. The van der Waals surface area contributed by atoms with Crippen LogP contribution in [-0.4, -0.2) is 24.6 Å². The maximum Gasteiger partial charge on any atom is 0.174 e. The van der Waals surface area contributed by atoms with Gasteiger partial charge < -0.3 is 14.7 Å². The lowest BCUT2D eigenvalue weighted by atomic mass is 10.2. The molecule has 1 aromatic carbocycles. The summed E-state index contributed by atoms with van der Waals surface area (Å²) in [5, 5.41) is 19.7. The average molecular weight is 220 g/mol. The first-order chi connectivity index (χ1) is 7.81. The van der Waals surface area contributed by atoms with Gasteiger partial charge in [-0.3, -0.25) is 0 Å². The fraction of sp³-hybridized carbons (Fsp3) is 0.273. The standard InChI is InChI=1S/C11H12N2O3/c1-2-15-11-7-9(8-13-14)3-4-10(11)16-6-5-12/h3-4,7-8,14H,2,6H2,1H3/b13-8-. The lowest BCUT2D eigenvalue weighted by Gasteiger charge is -2.10. The second-order valence-corrected chi connectivity index (χ2v) is 2.83. The smallest absolute Gasteiger partial charge is 0.174 e. The first-order valence-corrected chi connectivity index (χ1v) is 4.75. The number of ether oxygens (including phenoxy) is 2. The molecule has 0 aliphatic carbocycles. The van der Waals surface area contributed by atoms with Gasteiger partial charge in [0.1, 0.15) is 6.07 Å². The zero-order valence-electron chi connectivity index (χ0n) is 8.88. The van der Waals surface area contributed by atoms with Crippen molar-refractivity contribution >= 4 is 6.21 Å². The summed E-state index contributed by atoms with van der Waals surface area (Å²) in [7, 11) is 0. The molecule has 1 aromatic rings. The van der Waals surface area contributed by atoms with Gasteiger partial charge in [-0.2, -0.15) is 5.26 Å². The fourth-order valence-electron chi connectivity index (χ4n) is 1.17. The SMILES string of the molecule is CCOc1cc(/C=N\O)ccc1OCC#N. The molecule has 0 saturated carbocycles. The number of oxime groups is 1. The molecular weight excluding hydrogens is 208 g/mol. The molecule has 0 atom stereocenters. The van der Waals surface area contributed by atoms with E-state index in [1.165, 1.54) is 6.21 Å². The first-order valence-electron chi connectivity index (χ1n) is 4.75. The maximum atomic E-state index is 8.42. The number of hydrogen-bond acceptors (Lipinski definition) is 5. The van der Waals surface area contributed by atoms with Gasteiger partial charge in [0.15, 0.2) is 18.1 Å². The van der Waals surface area contributed by atoms with E-state index in [1.54, 1.807) is 18.2 Å². The molecule has 0 radical (unpaired) electrons. The molecule has 16 heavy (non-hydrogen) atoms. The Morgan fingerprint density at radius 1 is 1.44 bits per heavy atom. The summed E-state index contributed by atoms with van der Waals surface area (Å²) in [6.07, 6.45) is 1.29. The molecule has 1 rings (SSSR count). The van der Waals surface area contributed by atoms with Crippen LogP contribution < -0.4 is 9.47 Å². The minimum absolute atomic E-state index is 0.0342. The van der Waals surface area contributed by atoms with Crippen LogP contribution in [0.4, 0.5) is 0 Å². The van der Waals surface area contributed by atoms with E-state index in [4.69, 9.17) is 19.9 Å². The maximum absolute atomic E-state index is 8.42. The molecule has 5 nitrogen and oxygen atoms in total. The Kier molecular flexibility index (Phi) is 4.67. The van der Waals surface area contributed by atoms with E-state index in [0.717, 1.165) is 0 Å². The van der Waals surface area contributed by atoms with Crippen LogP contribution in [0.2, 0.25) is 0 Å². The molecule has 0 heterocycles. The van der Waals surface area contributed by atoms with Crippen molar-refractivity contribution in [1.29, 1.82) is 5.26 Å². The molecule has 0 saturated heterocycles. The second-order valence-electron chi connectivity index (χ2n) is 2.83. The van der Waals surface area contributed by atoms with Gasteiger partial charge in [0.05, 0.1) is 12.8 Å². The lowest BCUT2D eigenvalue weighted by Crippen LogP contribution is -1.99. The average Bonchev–Trinajstić information content (AvgIpc) is 2.29. The van der Waals surface area contributed by atoms with Gasteiger partial charge in [-0.25, -0.2) is 0 Å². The minimum atomic E-state index is -0.0342. The van der Waals surface area contributed by atoms with Crippen LogP contribution in [0.5, 0.6) is 11.5 Å². The first kappa shape index (κ1) is 11.9.